The van der Waals surface area contributed by atoms with E-state index < -0.39 is 24.3 Å². The van der Waals surface area contributed by atoms with Gasteiger partial charge in [-0.3, -0.25) is 0 Å². The summed E-state index contributed by atoms with van der Waals surface area (Å²) in [7, 11) is 3.47. The molecule has 1 rings (SSSR count). The summed E-state index contributed by atoms with van der Waals surface area (Å²) in [6.45, 7) is 2.22. The Kier molecular flexibility index (Phi) is 10.1. The summed E-state index contributed by atoms with van der Waals surface area (Å²) in [5.41, 5.74) is -0.865. The minimum atomic E-state index is -3.57. The first-order valence-corrected chi connectivity index (χ1v) is 14.1. The fourth-order valence-corrected chi connectivity index (χ4v) is 7.60. The van der Waals surface area contributed by atoms with Crippen molar-refractivity contribution in [3.05, 3.63) is 0 Å². The minimum Gasteiger partial charge on any atom is -0.377 e. The molecule has 1 saturated heterocycles. The van der Waals surface area contributed by atoms with Crippen molar-refractivity contribution >= 4 is 29.2 Å². The zero-order valence-corrected chi connectivity index (χ0v) is 21.6. The minimum absolute atomic E-state index is 0.0227. The Morgan fingerprint density at radius 3 is 2.19 bits per heavy atom. The molecule has 0 spiro atoms. The molecule has 0 amide bonds. The second-order valence-corrected chi connectivity index (χ2v) is 14.2. The first-order chi connectivity index (χ1) is 12.5. The summed E-state index contributed by atoms with van der Waals surface area (Å²) in [5.74, 6) is 0.0227. The third-order valence-electron chi connectivity index (χ3n) is 5.07. The molecular weight excluding hydrogens is 406 g/mol. The molecule has 1 fully saturated rings. The van der Waals surface area contributed by atoms with Gasteiger partial charge in [0.15, 0.2) is 5.41 Å². The zero-order valence-electron chi connectivity index (χ0n) is 17.8. The van der Waals surface area contributed by atoms with Gasteiger partial charge in [-0.25, -0.2) is 4.18 Å². The van der Waals surface area contributed by atoms with Crippen LogP contribution in [-0.4, -0.2) is 98.2 Å². The van der Waals surface area contributed by atoms with Crippen LogP contribution < -0.4 is 0 Å². The normalized spacial score (nSPS) is 22.3. The number of nitrogens with zero attached hydrogens (tertiary/aromatic N) is 1. The monoisotopic (exact) mass is 444 g/mol. The molecule has 0 N–H and O–H groups in total. The summed E-state index contributed by atoms with van der Waals surface area (Å²) >= 11 is 0. The van der Waals surface area contributed by atoms with Crippen molar-refractivity contribution in [1.82, 2.24) is 0 Å². The summed E-state index contributed by atoms with van der Waals surface area (Å²) in [6, 6.07) is 0.736. The van der Waals surface area contributed by atoms with E-state index in [2.05, 4.69) is 14.1 Å². The third-order valence-corrected chi connectivity index (χ3v) is 10.6. The standard InChI is InChI=1S/C16H38NO7SSi2/c1-17(2,12-9-15-27(20-3,21-4)22-5)11-8-14-25(18,19)24-16(26)10-6-7-13-23-16/h6-15H2,1-5,26H3/q+1. The average Bonchev–Trinajstić information content (AvgIpc) is 2.58. The highest BCUT2D eigenvalue weighted by Gasteiger charge is 2.38. The summed E-state index contributed by atoms with van der Waals surface area (Å²) in [5, 5.41) is 0. The summed E-state index contributed by atoms with van der Waals surface area (Å²) in [6.07, 6.45) is 4.03. The maximum Gasteiger partial charge on any atom is 0.500 e. The third kappa shape index (κ3) is 9.00. The SMILES string of the molecule is CO[Si](CCC[N+](C)(C)CCCS(=O)(=O)OC1([SiH3])CCCCO1)(OC)OC. The molecule has 0 aromatic rings. The van der Waals surface area contributed by atoms with E-state index >= 15 is 0 Å². The molecule has 27 heavy (non-hydrogen) atoms. The van der Waals surface area contributed by atoms with E-state index in [1.165, 1.54) is 0 Å². The first-order valence-electron chi connectivity index (χ1n) is 9.56. The average molecular weight is 445 g/mol. The Balaban J connectivity index is 2.40. The van der Waals surface area contributed by atoms with E-state index in [1.807, 2.05) is 0 Å². The van der Waals surface area contributed by atoms with E-state index in [4.69, 9.17) is 22.2 Å². The molecule has 1 unspecified atom stereocenters. The van der Waals surface area contributed by atoms with Gasteiger partial charge in [0.25, 0.3) is 10.1 Å². The number of rotatable bonds is 13. The van der Waals surface area contributed by atoms with Gasteiger partial charge in [-0.2, -0.15) is 8.42 Å². The number of ether oxygens (including phenoxy) is 1. The molecule has 8 nitrogen and oxygen atoms in total. The maximum atomic E-state index is 12.3. The van der Waals surface area contributed by atoms with Crippen LogP contribution in [0.2, 0.25) is 6.04 Å². The lowest BCUT2D eigenvalue weighted by Crippen LogP contribution is -2.46. The second kappa shape index (κ2) is 10.8. The Labute approximate surface area is 169 Å². The van der Waals surface area contributed by atoms with Crippen molar-refractivity contribution < 1.29 is 35.1 Å². The molecule has 162 valence electrons. The Bertz CT molecular complexity index is 527. The molecule has 0 bridgehead atoms. The fourth-order valence-electron chi connectivity index (χ4n) is 3.35. The van der Waals surface area contributed by atoms with E-state index in [9.17, 15) is 8.42 Å². The van der Waals surface area contributed by atoms with Gasteiger partial charge in [-0.1, -0.05) is 0 Å². The zero-order chi connectivity index (χ0) is 20.6. The quantitative estimate of drug-likeness (QED) is 0.229. The van der Waals surface area contributed by atoms with Gasteiger partial charge in [0, 0.05) is 46.8 Å². The van der Waals surface area contributed by atoms with Gasteiger partial charge >= 0.3 is 8.80 Å². The van der Waals surface area contributed by atoms with E-state index in [0.717, 1.165) is 42.9 Å². The molecular formula is C16H38NO7SSi2+. The van der Waals surface area contributed by atoms with Crippen molar-refractivity contribution in [3.8, 4) is 0 Å². The van der Waals surface area contributed by atoms with Crippen LogP contribution in [0.1, 0.15) is 32.1 Å². The van der Waals surface area contributed by atoms with Crippen LogP contribution in [0.25, 0.3) is 0 Å². The predicted molar refractivity (Wildman–Crippen MR) is 110 cm³/mol. The molecule has 0 aromatic carbocycles. The highest BCUT2D eigenvalue weighted by Crippen LogP contribution is 2.25. The molecule has 0 aliphatic carbocycles. The fraction of sp³-hybridized carbons (Fsp3) is 1.00. The second-order valence-electron chi connectivity index (χ2n) is 7.92. The maximum absolute atomic E-state index is 12.3. The molecule has 0 saturated carbocycles. The van der Waals surface area contributed by atoms with E-state index in [-0.39, 0.29) is 5.75 Å². The predicted octanol–water partition coefficient (Wildman–Crippen LogP) is 0.287. The molecule has 0 radical (unpaired) electrons. The van der Waals surface area contributed by atoms with Crippen LogP contribution >= 0.6 is 0 Å². The van der Waals surface area contributed by atoms with Crippen molar-refractivity contribution in [2.75, 3.05) is 60.9 Å². The van der Waals surface area contributed by atoms with Gasteiger partial charge in [0.05, 0.1) is 43.2 Å². The highest BCUT2D eigenvalue weighted by atomic mass is 32.2. The molecule has 1 aliphatic heterocycles. The van der Waals surface area contributed by atoms with Crippen molar-refractivity contribution in [3.63, 3.8) is 0 Å². The molecule has 1 heterocycles. The Hall–Kier alpha value is 0.144. The molecule has 11 heteroatoms. The van der Waals surface area contributed by atoms with Gasteiger partial charge < -0.3 is 22.5 Å². The molecule has 1 atom stereocenters. The van der Waals surface area contributed by atoms with Crippen LogP contribution in [-0.2, 0) is 32.3 Å². The lowest BCUT2D eigenvalue weighted by Gasteiger charge is -2.33. The summed E-state index contributed by atoms with van der Waals surface area (Å²) in [4.78, 5) is 0. The highest BCUT2D eigenvalue weighted by molar-refractivity contribution is 7.86. The van der Waals surface area contributed by atoms with Gasteiger partial charge in [-0.15, -0.1) is 0 Å². The lowest BCUT2D eigenvalue weighted by molar-refractivity contribution is -0.890. The lowest BCUT2D eigenvalue weighted by atomic mass is 10.2. The van der Waals surface area contributed by atoms with Crippen LogP contribution in [0.15, 0.2) is 0 Å². The van der Waals surface area contributed by atoms with Crippen molar-refractivity contribution in [2.45, 2.75) is 43.6 Å². The Morgan fingerprint density at radius 1 is 1.07 bits per heavy atom. The largest absolute Gasteiger partial charge is 0.500 e. The van der Waals surface area contributed by atoms with E-state index in [0.29, 0.717) is 29.7 Å². The molecule has 1 aliphatic rings. The molecule has 0 aromatic heterocycles. The van der Waals surface area contributed by atoms with E-state index in [1.54, 1.807) is 21.3 Å². The number of quaternary nitrogens is 1. The van der Waals surface area contributed by atoms with Gasteiger partial charge in [0.2, 0.25) is 0 Å². The topological polar surface area (TPSA) is 80.3 Å². The first kappa shape index (κ1) is 25.2. The number of hydrogen-bond donors (Lipinski definition) is 0. The van der Waals surface area contributed by atoms with Crippen molar-refractivity contribution in [1.29, 1.82) is 0 Å². The van der Waals surface area contributed by atoms with Gasteiger partial charge in [-0.05, 0) is 19.3 Å². The van der Waals surface area contributed by atoms with Crippen LogP contribution in [0.5, 0.6) is 0 Å². The van der Waals surface area contributed by atoms with Crippen LogP contribution in [0.3, 0.4) is 0 Å². The summed E-state index contributed by atoms with van der Waals surface area (Å²) < 4.78 is 52.7. The van der Waals surface area contributed by atoms with Crippen LogP contribution in [0, 0.1) is 0 Å². The smallest absolute Gasteiger partial charge is 0.377 e. The Morgan fingerprint density at radius 2 is 1.67 bits per heavy atom. The van der Waals surface area contributed by atoms with Gasteiger partial charge in [0.1, 0.15) is 0 Å². The van der Waals surface area contributed by atoms with Crippen LogP contribution in [0.4, 0.5) is 0 Å². The number of hydrogen-bond acceptors (Lipinski definition) is 7. The van der Waals surface area contributed by atoms with Crippen molar-refractivity contribution in [2.24, 2.45) is 0 Å².